The van der Waals surface area contributed by atoms with Crippen molar-refractivity contribution in [2.45, 2.75) is 13.0 Å². The Bertz CT molecular complexity index is 314. The second-order valence-electron chi connectivity index (χ2n) is 3.54. The summed E-state index contributed by atoms with van der Waals surface area (Å²) in [7, 11) is 0. The Morgan fingerprint density at radius 3 is 2.75 bits per heavy atom. The molecule has 0 spiro atoms. The van der Waals surface area contributed by atoms with Gasteiger partial charge in [0.25, 0.3) is 0 Å². The molecule has 0 unspecified atom stereocenters. The van der Waals surface area contributed by atoms with E-state index in [0.29, 0.717) is 13.2 Å². The summed E-state index contributed by atoms with van der Waals surface area (Å²) in [6.45, 7) is 2.85. The van der Waals surface area contributed by atoms with Crippen LogP contribution in [0.3, 0.4) is 0 Å². The Hall–Kier alpha value is -1.39. The number of carbonyl (C=O) groups is 1. The summed E-state index contributed by atoms with van der Waals surface area (Å²) in [4.78, 5) is 11.4. The van der Waals surface area contributed by atoms with Gasteiger partial charge in [-0.1, -0.05) is 30.3 Å². The first-order chi connectivity index (χ1) is 7.74. The van der Waals surface area contributed by atoms with Crippen LogP contribution in [0.15, 0.2) is 30.3 Å². The molecule has 1 atom stereocenters. The fraction of sp³-hybridized carbons (Fsp3) is 0.417. The Balaban J connectivity index is 2.34. The monoisotopic (exact) mass is 222 g/mol. The van der Waals surface area contributed by atoms with Crippen LogP contribution < -0.4 is 11.1 Å². The van der Waals surface area contributed by atoms with E-state index in [4.69, 9.17) is 10.5 Å². The standard InChI is InChI=1S/C12H18N2O2/c1-10(11-5-3-2-4-6-11)14-12(15)9-16-8-7-13/h2-6,10H,7-9,13H2,1H3,(H,14,15)/t10-/m0/s1. The fourth-order valence-electron chi connectivity index (χ4n) is 1.36. The van der Waals surface area contributed by atoms with Crippen molar-refractivity contribution < 1.29 is 9.53 Å². The number of amides is 1. The van der Waals surface area contributed by atoms with Gasteiger partial charge in [-0.15, -0.1) is 0 Å². The van der Waals surface area contributed by atoms with Crippen LogP contribution in [-0.2, 0) is 9.53 Å². The number of nitrogens with two attached hydrogens (primary N) is 1. The Labute approximate surface area is 95.8 Å². The van der Waals surface area contributed by atoms with Gasteiger partial charge in [0, 0.05) is 6.54 Å². The van der Waals surface area contributed by atoms with Crippen molar-refractivity contribution in [2.75, 3.05) is 19.8 Å². The molecule has 88 valence electrons. The van der Waals surface area contributed by atoms with Gasteiger partial charge in [0.05, 0.1) is 12.6 Å². The maximum atomic E-state index is 11.4. The van der Waals surface area contributed by atoms with E-state index in [9.17, 15) is 4.79 Å². The second kappa shape index (κ2) is 6.98. The van der Waals surface area contributed by atoms with Crippen molar-refractivity contribution in [3.8, 4) is 0 Å². The normalized spacial score (nSPS) is 12.1. The lowest BCUT2D eigenvalue weighted by molar-refractivity contribution is -0.126. The third-order valence-electron chi connectivity index (χ3n) is 2.17. The van der Waals surface area contributed by atoms with E-state index in [2.05, 4.69) is 5.32 Å². The molecule has 0 bridgehead atoms. The largest absolute Gasteiger partial charge is 0.370 e. The van der Waals surface area contributed by atoms with Crippen molar-refractivity contribution in [2.24, 2.45) is 5.73 Å². The summed E-state index contributed by atoms with van der Waals surface area (Å²) >= 11 is 0. The molecule has 0 aliphatic heterocycles. The summed E-state index contributed by atoms with van der Waals surface area (Å²) in [5, 5.41) is 2.85. The zero-order valence-corrected chi connectivity index (χ0v) is 9.48. The minimum absolute atomic E-state index is 0.00447. The van der Waals surface area contributed by atoms with Crippen LogP contribution in [0.25, 0.3) is 0 Å². The highest BCUT2D eigenvalue weighted by atomic mass is 16.5. The molecule has 4 heteroatoms. The summed E-state index contributed by atoms with van der Waals surface area (Å²) in [6, 6.07) is 9.79. The molecule has 16 heavy (non-hydrogen) atoms. The van der Waals surface area contributed by atoms with Crippen molar-refractivity contribution in [1.29, 1.82) is 0 Å². The fourth-order valence-corrected chi connectivity index (χ4v) is 1.36. The second-order valence-corrected chi connectivity index (χ2v) is 3.54. The van der Waals surface area contributed by atoms with Crippen LogP contribution in [0.1, 0.15) is 18.5 Å². The van der Waals surface area contributed by atoms with Gasteiger partial charge in [0.2, 0.25) is 5.91 Å². The SMILES string of the molecule is C[C@H](NC(=O)COCCN)c1ccccc1. The van der Waals surface area contributed by atoms with Crippen LogP contribution in [0, 0.1) is 0 Å². The van der Waals surface area contributed by atoms with E-state index in [1.54, 1.807) is 0 Å². The quantitative estimate of drug-likeness (QED) is 0.701. The lowest BCUT2D eigenvalue weighted by Gasteiger charge is -2.14. The molecule has 1 amide bonds. The average Bonchev–Trinajstić information content (AvgIpc) is 2.30. The van der Waals surface area contributed by atoms with Gasteiger partial charge >= 0.3 is 0 Å². The average molecular weight is 222 g/mol. The highest BCUT2D eigenvalue weighted by Crippen LogP contribution is 2.10. The van der Waals surface area contributed by atoms with Gasteiger partial charge in [-0.05, 0) is 12.5 Å². The first kappa shape index (κ1) is 12.7. The predicted octanol–water partition coefficient (Wildman–Crippen LogP) is 0.839. The number of ether oxygens (including phenoxy) is 1. The maximum absolute atomic E-state index is 11.4. The van der Waals surface area contributed by atoms with Gasteiger partial charge < -0.3 is 15.8 Å². The van der Waals surface area contributed by atoms with E-state index >= 15 is 0 Å². The minimum atomic E-state index is -0.121. The zero-order valence-electron chi connectivity index (χ0n) is 9.48. The Morgan fingerprint density at radius 1 is 1.44 bits per heavy atom. The van der Waals surface area contributed by atoms with E-state index < -0.39 is 0 Å². The highest BCUT2D eigenvalue weighted by molar-refractivity contribution is 5.77. The minimum Gasteiger partial charge on any atom is -0.370 e. The van der Waals surface area contributed by atoms with Crippen molar-refractivity contribution in [1.82, 2.24) is 5.32 Å². The molecule has 0 saturated heterocycles. The first-order valence-corrected chi connectivity index (χ1v) is 5.36. The first-order valence-electron chi connectivity index (χ1n) is 5.36. The third kappa shape index (κ3) is 4.42. The summed E-state index contributed by atoms with van der Waals surface area (Å²) in [5.74, 6) is -0.121. The lowest BCUT2D eigenvalue weighted by Crippen LogP contribution is -2.30. The van der Waals surface area contributed by atoms with Crippen LogP contribution >= 0.6 is 0 Å². The highest BCUT2D eigenvalue weighted by Gasteiger charge is 2.08. The van der Waals surface area contributed by atoms with Crippen molar-refractivity contribution in [3.05, 3.63) is 35.9 Å². The zero-order chi connectivity index (χ0) is 11.8. The van der Waals surface area contributed by atoms with Crippen LogP contribution in [0.2, 0.25) is 0 Å². The molecule has 1 rings (SSSR count). The molecule has 0 saturated carbocycles. The van der Waals surface area contributed by atoms with Crippen LogP contribution in [-0.4, -0.2) is 25.7 Å². The number of hydrogen-bond acceptors (Lipinski definition) is 3. The van der Waals surface area contributed by atoms with Crippen molar-refractivity contribution in [3.63, 3.8) is 0 Å². The molecule has 1 aromatic rings. The van der Waals surface area contributed by atoms with E-state index in [0.717, 1.165) is 5.56 Å². The molecule has 0 fully saturated rings. The summed E-state index contributed by atoms with van der Waals surface area (Å²) in [5.41, 5.74) is 6.33. The van der Waals surface area contributed by atoms with Gasteiger partial charge in [0.15, 0.2) is 0 Å². The number of carbonyl (C=O) groups excluding carboxylic acids is 1. The topological polar surface area (TPSA) is 64.3 Å². The number of benzene rings is 1. The van der Waals surface area contributed by atoms with E-state index in [1.165, 1.54) is 0 Å². The van der Waals surface area contributed by atoms with Gasteiger partial charge in [-0.2, -0.15) is 0 Å². The molecule has 0 radical (unpaired) electrons. The number of hydrogen-bond donors (Lipinski definition) is 2. The van der Waals surface area contributed by atoms with Gasteiger partial charge in [-0.3, -0.25) is 4.79 Å². The van der Waals surface area contributed by atoms with Crippen LogP contribution in [0.4, 0.5) is 0 Å². The molecule has 3 N–H and O–H groups in total. The summed E-state index contributed by atoms with van der Waals surface area (Å²) < 4.78 is 5.04. The van der Waals surface area contributed by atoms with Gasteiger partial charge in [0.1, 0.15) is 6.61 Å². The number of rotatable bonds is 6. The third-order valence-corrected chi connectivity index (χ3v) is 2.17. The van der Waals surface area contributed by atoms with Crippen LogP contribution in [0.5, 0.6) is 0 Å². The predicted molar refractivity (Wildman–Crippen MR) is 62.9 cm³/mol. The summed E-state index contributed by atoms with van der Waals surface area (Å²) in [6.07, 6.45) is 0. The maximum Gasteiger partial charge on any atom is 0.246 e. The smallest absolute Gasteiger partial charge is 0.246 e. The molecule has 1 aromatic carbocycles. The van der Waals surface area contributed by atoms with E-state index in [1.807, 2.05) is 37.3 Å². The molecule has 0 aliphatic carbocycles. The molecule has 0 aromatic heterocycles. The molecular weight excluding hydrogens is 204 g/mol. The van der Waals surface area contributed by atoms with E-state index in [-0.39, 0.29) is 18.6 Å². The molecule has 4 nitrogen and oxygen atoms in total. The molecular formula is C12H18N2O2. The van der Waals surface area contributed by atoms with Crippen molar-refractivity contribution >= 4 is 5.91 Å². The lowest BCUT2D eigenvalue weighted by atomic mass is 10.1. The van der Waals surface area contributed by atoms with Gasteiger partial charge in [-0.25, -0.2) is 0 Å². The number of nitrogens with one attached hydrogen (secondary N) is 1. The molecule has 0 heterocycles. The molecule has 0 aliphatic rings. The Kier molecular flexibility index (Phi) is 5.53. The Morgan fingerprint density at radius 2 is 2.12 bits per heavy atom.